The highest BCUT2D eigenvalue weighted by molar-refractivity contribution is 5.78. The van der Waals surface area contributed by atoms with E-state index in [1.807, 2.05) is 30.3 Å². The van der Waals surface area contributed by atoms with Crippen molar-refractivity contribution in [2.45, 2.75) is 6.54 Å². The predicted molar refractivity (Wildman–Crippen MR) is 73.9 cm³/mol. The van der Waals surface area contributed by atoms with Crippen molar-refractivity contribution >= 4 is 16.9 Å². The van der Waals surface area contributed by atoms with E-state index in [0.29, 0.717) is 23.4 Å². The molecule has 0 fully saturated rings. The van der Waals surface area contributed by atoms with Crippen molar-refractivity contribution in [2.24, 2.45) is 0 Å². The highest BCUT2D eigenvalue weighted by Gasteiger charge is 2.02. The van der Waals surface area contributed by atoms with E-state index < -0.39 is 0 Å². The number of aromatic nitrogens is 3. The number of H-pyrrole nitrogens is 1. The van der Waals surface area contributed by atoms with Gasteiger partial charge < -0.3 is 5.32 Å². The maximum absolute atomic E-state index is 11.9. The zero-order chi connectivity index (χ0) is 13.1. The number of para-hydroxylation sites is 1. The second-order valence-electron chi connectivity index (χ2n) is 4.15. The molecule has 0 radical (unpaired) electrons. The van der Waals surface area contributed by atoms with Gasteiger partial charge in [-0.1, -0.05) is 18.2 Å². The summed E-state index contributed by atoms with van der Waals surface area (Å²) in [7, 11) is 0. The molecule has 0 saturated heterocycles. The summed E-state index contributed by atoms with van der Waals surface area (Å²) in [6.45, 7) is 0.565. The van der Waals surface area contributed by atoms with Crippen LogP contribution in [-0.2, 0) is 6.54 Å². The molecule has 2 heterocycles. The topological polar surface area (TPSA) is 70.7 Å². The zero-order valence-electron chi connectivity index (χ0n) is 10.1. The molecule has 0 bridgehead atoms. The van der Waals surface area contributed by atoms with Crippen molar-refractivity contribution in [3.8, 4) is 0 Å². The Hall–Kier alpha value is -2.69. The van der Waals surface area contributed by atoms with Gasteiger partial charge in [0.2, 0.25) is 5.95 Å². The van der Waals surface area contributed by atoms with Gasteiger partial charge in [-0.15, -0.1) is 0 Å². The molecule has 0 saturated carbocycles. The lowest BCUT2D eigenvalue weighted by molar-refractivity contribution is 1.04. The Morgan fingerprint density at radius 1 is 1.16 bits per heavy atom. The first-order chi connectivity index (χ1) is 9.33. The van der Waals surface area contributed by atoms with Crippen molar-refractivity contribution in [2.75, 3.05) is 5.32 Å². The molecule has 94 valence electrons. The number of pyridine rings is 1. The Kier molecular flexibility index (Phi) is 2.94. The zero-order valence-corrected chi connectivity index (χ0v) is 10.1. The van der Waals surface area contributed by atoms with Gasteiger partial charge in [0.15, 0.2) is 0 Å². The van der Waals surface area contributed by atoms with Crippen LogP contribution < -0.4 is 10.9 Å². The highest BCUT2D eigenvalue weighted by Crippen LogP contribution is 2.08. The summed E-state index contributed by atoms with van der Waals surface area (Å²) in [5.41, 5.74) is 1.57. The summed E-state index contributed by atoms with van der Waals surface area (Å²) in [6.07, 6.45) is 3.49. The van der Waals surface area contributed by atoms with E-state index in [0.717, 1.165) is 5.56 Å². The fourth-order valence-corrected chi connectivity index (χ4v) is 1.86. The minimum atomic E-state index is -0.140. The quantitative estimate of drug-likeness (QED) is 0.747. The van der Waals surface area contributed by atoms with E-state index in [2.05, 4.69) is 20.3 Å². The normalized spacial score (nSPS) is 10.5. The molecule has 0 aliphatic heterocycles. The molecule has 5 heteroatoms. The molecule has 3 rings (SSSR count). The Morgan fingerprint density at radius 2 is 2.05 bits per heavy atom. The minimum absolute atomic E-state index is 0.140. The predicted octanol–water partition coefficient (Wildman–Crippen LogP) is 1.93. The van der Waals surface area contributed by atoms with Crippen molar-refractivity contribution in [3.05, 3.63) is 64.7 Å². The van der Waals surface area contributed by atoms with Crippen molar-refractivity contribution in [1.29, 1.82) is 0 Å². The Labute approximate surface area is 109 Å². The van der Waals surface area contributed by atoms with Gasteiger partial charge in [-0.05, 0) is 23.8 Å². The van der Waals surface area contributed by atoms with Crippen LogP contribution in [0.4, 0.5) is 5.95 Å². The molecule has 0 amide bonds. The number of hydrogen-bond acceptors (Lipinski definition) is 4. The van der Waals surface area contributed by atoms with Crippen molar-refractivity contribution < 1.29 is 0 Å². The number of fused-ring (bicyclic) bond motifs is 1. The average molecular weight is 252 g/mol. The lowest BCUT2D eigenvalue weighted by Gasteiger charge is -2.06. The van der Waals surface area contributed by atoms with Crippen LogP contribution in [-0.4, -0.2) is 15.0 Å². The molecule has 3 aromatic rings. The SMILES string of the molecule is O=c1[nH]c(NCc2cccnc2)nc2ccccc12. The standard InChI is InChI=1S/C14H12N4O/c19-13-11-5-1-2-6-12(11)17-14(18-13)16-9-10-4-3-7-15-8-10/h1-8H,9H2,(H2,16,17,18,19). The third kappa shape index (κ3) is 2.44. The van der Waals surface area contributed by atoms with Crippen molar-refractivity contribution in [1.82, 2.24) is 15.0 Å². The van der Waals surface area contributed by atoms with Crippen molar-refractivity contribution in [3.63, 3.8) is 0 Å². The van der Waals surface area contributed by atoms with E-state index in [1.165, 1.54) is 0 Å². The molecule has 0 atom stereocenters. The Morgan fingerprint density at radius 3 is 2.89 bits per heavy atom. The number of rotatable bonds is 3. The Balaban J connectivity index is 1.88. The second kappa shape index (κ2) is 4.89. The summed E-state index contributed by atoms with van der Waals surface area (Å²) >= 11 is 0. The van der Waals surface area contributed by atoms with Gasteiger partial charge in [0.25, 0.3) is 5.56 Å². The third-order valence-corrected chi connectivity index (χ3v) is 2.80. The first kappa shape index (κ1) is 11.4. The summed E-state index contributed by atoms with van der Waals surface area (Å²) in [4.78, 5) is 23.0. The first-order valence-electron chi connectivity index (χ1n) is 5.95. The van der Waals surface area contributed by atoms with E-state index in [-0.39, 0.29) is 5.56 Å². The minimum Gasteiger partial charge on any atom is -0.352 e. The van der Waals surface area contributed by atoms with Gasteiger partial charge in [0.1, 0.15) is 0 Å². The summed E-state index contributed by atoms with van der Waals surface area (Å²) in [6, 6.07) is 11.1. The van der Waals surface area contributed by atoms with Crippen LogP contribution >= 0.6 is 0 Å². The number of anilines is 1. The van der Waals surface area contributed by atoms with Crippen LogP contribution in [0.2, 0.25) is 0 Å². The molecule has 2 N–H and O–H groups in total. The van der Waals surface area contributed by atoms with E-state index in [1.54, 1.807) is 18.5 Å². The fourth-order valence-electron chi connectivity index (χ4n) is 1.86. The smallest absolute Gasteiger partial charge is 0.260 e. The monoisotopic (exact) mass is 252 g/mol. The molecular weight excluding hydrogens is 240 g/mol. The molecule has 0 spiro atoms. The van der Waals surface area contributed by atoms with E-state index >= 15 is 0 Å². The molecule has 5 nitrogen and oxygen atoms in total. The summed E-state index contributed by atoms with van der Waals surface area (Å²) in [5.74, 6) is 0.465. The van der Waals surface area contributed by atoms with Crippen LogP contribution in [0.3, 0.4) is 0 Å². The van der Waals surface area contributed by atoms with Crippen LogP contribution in [0.25, 0.3) is 10.9 Å². The third-order valence-electron chi connectivity index (χ3n) is 2.80. The molecular formula is C14H12N4O. The molecule has 1 aromatic carbocycles. The summed E-state index contributed by atoms with van der Waals surface area (Å²) in [5, 5.41) is 3.68. The summed E-state index contributed by atoms with van der Waals surface area (Å²) < 4.78 is 0. The first-order valence-corrected chi connectivity index (χ1v) is 5.95. The number of nitrogens with zero attached hydrogens (tertiary/aromatic N) is 2. The van der Waals surface area contributed by atoms with Crippen LogP contribution in [0.1, 0.15) is 5.56 Å². The molecule has 19 heavy (non-hydrogen) atoms. The maximum atomic E-state index is 11.9. The molecule has 2 aromatic heterocycles. The van der Waals surface area contributed by atoms with Crippen LogP contribution in [0.5, 0.6) is 0 Å². The number of benzene rings is 1. The van der Waals surface area contributed by atoms with Crippen LogP contribution in [0, 0.1) is 0 Å². The molecule has 0 unspecified atom stereocenters. The van der Waals surface area contributed by atoms with Gasteiger partial charge in [0.05, 0.1) is 10.9 Å². The Bertz CT molecular complexity index is 752. The maximum Gasteiger partial charge on any atom is 0.260 e. The van der Waals surface area contributed by atoms with E-state index in [9.17, 15) is 4.79 Å². The lowest BCUT2D eigenvalue weighted by Crippen LogP contribution is -2.13. The molecule has 0 aliphatic carbocycles. The number of hydrogen-bond donors (Lipinski definition) is 2. The van der Waals surface area contributed by atoms with Gasteiger partial charge in [-0.25, -0.2) is 4.98 Å². The fraction of sp³-hybridized carbons (Fsp3) is 0.0714. The number of aromatic amines is 1. The van der Waals surface area contributed by atoms with Gasteiger partial charge in [0, 0.05) is 18.9 Å². The second-order valence-corrected chi connectivity index (χ2v) is 4.15. The largest absolute Gasteiger partial charge is 0.352 e. The lowest BCUT2D eigenvalue weighted by atomic mass is 10.2. The number of nitrogens with one attached hydrogen (secondary N) is 2. The van der Waals surface area contributed by atoms with Crippen LogP contribution in [0.15, 0.2) is 53.6 Å². The molecule has 0 aliphatic rings. The van der Waals surface area contributed by atoms with Gasteiger partial charge >= 0.3 is 0 Å². The van der Waals surface area contributed by atoms with Gasteiger partial charge in [-0.3, -0.25) is 14.8 Å². The highest BCUT2D eigenvalue weighted by atomic mass is 16.1. The average Bonchev–Trinajstić information content (AvgIpc) is 2.46. The van der Waals surface area contributed by atoms with E-state index in [4.69, 9.17) is 0 Å². The van der Waals surface area contributed by atoms with Gasteiger partial charge in [-0.2, -0.15) is 0 Å².